The van der Waals surface area contributed by atoms with Gasteiger partial charge >= 0.3 is 0 Å². The van der Waals surface area contributed by atoms with Gasteiger partial charge in [0.1, 0.15) is 0 Å². The third-order valence-corrected chi connectivity index (χ3v) is 10.5. The van der Waals surface area contributed by atoms with Crippen LogP contribution >= 0.6 is 0 Å². The minimum atomic E-state index is -1.19. The summed E-state index contributed by atoms with van der Waals surface area (Å²) >= 11 is 0. The van der Waals surface area contributed by atoms with Gasteiger partial charge in [0.25, 0.3) is 5.54 Å². The Kier molecular flexibility index (Phi) is 6.05. The average Bonchev–Trinajstić information content (AvgIpc) is 3.21. The van der Waals surface area contributed by atoms with E-state index in [-0.39, 0.29) is 22.5 Å². The second kappa shape index (κ2) is 9.15. The number of nitrogens with zero attached hydrogens (tertiary/aromatic N) is 2. The standard InChI is InChI=1S/C32H38N2O3/c1-3-16-32(34(36)37)17-15-29-27-13-9-23-20-25(35)12-14-26(23)30(27)28(21-31(29,32)2)22-7-10-24(11-8-22)33-18-5-4-6-19-33/h7-8,10-11,20,27-29H,4-6,9,12-15,17-19,21H2,1-2H3/t27?,28-,29?,31?,32+/m1/s1. The zero-order chi connectivity index (χ0) is 25.8. The molecule has 0 spiro atoms. The molecule has 5 atom stereocenters. The molecule has 5 aliphatic rings. The normalized spacial score (nSPS) is 35.1. The fourth-order valence-corrected chi connectivity index (χ4v) is 8.79. The van der Waals surface area contributed by atoms with Crippen molar-refractivity contribution in [2.24, 2.45) is 17.3 Å². The molecule has 1 saturated heterocycles. The zero-order valence-electron chi connectivity index (χ0n) is 22.2. The molecule has 6 rings (SSSR count). The van der Waals surface area contributed by atoms with E-state index in [4.69, 9.17) is 0 Å². The van der Waals surface area contributed by atoms with E-state index in [9.17, 15) is 14.9 Å². The number of ketones is 1. The van der Waals surface area contributed by atoms with E-state index in [2.05, 4.69) is 47.9 Å². The molecule has 5 heteroatoms. The summed E-state index contributed by atoms with van der Waals surface area (Å²) in [6.45, 7) is 6.14. The lowest BCUT2D eigenvalue weighted by molar-refractivity contribution is -0.571. The second-order valence-electron chi connectivity index (χ2n) is 12.2. The van der Waals surface area contributed by atoms with E-state index in [0.717, 1.165) is 45.2 Å². The van der Waals surface area contributed by atoms with Gasteiger partial charge in [-0.3, -0.25) is 14.9 Å². The highest BCUT2D eigenvalue weighted by molar-refractivity contribution is 5.93. The fraction of sp³-hybridized carbons (Fsp3) is 0.594. The molecule has 4 aliphatic carbocycles. The van der Waals surface area contributed by atoms with Gasteiger partial charge in [-0.25, -0.2) is 0 Å². The lowest BCUT2D eigenvalue weighted by Gasteiger charge is -2.52. The summed E-state index contributed by atoms with van der Waals surface area (Å²) in [6, 6.07) is 9.09. The number of carbonyl (C=O) groups is 1. The van der Waals surface area contributed by atoms with Crippen molar-refractivity contribution in [2.75, 3.05) is 18.0 Å². The van der Waals surface area contributed by atoms with Crippen molar-refractivity contribution < 1.29 is 9.72 Å². The molecule has 0 bridgehead atoms. The number of benzene rings is 1. The van der Waals surface area contributed by atoms with Crippen LogP contribution in [0.25, 0.3) is 0 Å². The van der Waals surface area contributed by atoms with Crippen molar-refractivity contribution >= 4 is 11.5 Å². The van der Waals surface area contributed by atoms with Gasteiger partial charge in [-0.15, -0.1) is 0 Å². The van der Waals surface area contributed by atoms with Crippen LogP contribution in [0.3, 0.4) is 0 Å². The summed E-state index contributed by atoms with van der Waals surface area (Å²) in [5, 5.41) is 12.7. The van der Waals surface area contributed by atoms with Crippen LogP contribution in [0.15, 0.2) is 47.1 Å². The number of hydrogen-bond acceptors (Lipinski definition) is 4. The number of fused-ring (bicyclic) bond motifs is 4. The van der Waals surface area contributed by atoms with Crippen LogP contribution < -0.4 is 4.90 Å². The Morgan fingerprint density at radius 2 is 1.81 bits per heavy atom. The Morgan fingerprint density at radius 3 is 2.51 bits per heavy atom. The van der Waals surface area contributed by atoms with Crippen LogP contribution in [0, 0.1) is 39.2 Å². The summed E-state index contributed by atoms with van der Waals surface area (Å²) in [6.07, 6.45) is 11.1. The number of nitro groups is 1. The van der Waals surface area contributed by atoms with Gasteiger partial charge in [-0.2, -0.15) is 0 Å². The molecule has 2 saturated carbocycles. The number of anilines is 1. The number of rotatable bonds is 3. The third-order valence-electron chi connectivity index (χ3n) is 10.5. The molecular weight excluding hydrogens is 460 g/mol. The van der Waals surface area contributed by atoms with Crippen molar-refractivity contribution in [1.82, 2.24) is 0 Å². The Bertz CT molecular complexity index is 1240. The topological polar surface area (TPSA) is 63.5 Å². The predicted molar refractivity (Wildman–Crippen MR) is 146 cm³/mol. The van der Waals surface area contributed by atoms with Crippen LogP contribution in [0.4, 0.5) is 5.69 Å². The summed E-state index contributed by atoms with van der Waals surface area (Å²) in [5.74, 6) is 7.06. The minimum absolute atomic E-state index is 0.0500. The first-order valence-electron chi connectivity index (χ1n) is 14.3. The summed E-state index contributed by atoms with van der Waals surface area (Å²) < 4.78 is 0. The quantitative estimate of drug-likeness (QED) is 0.267. The van der Waals surface area contributed by atoms with Crippen LogP contribution in [-0.4, -0.2) is 29.3 Å². The highest BCUT2D eigenvalue weighted by Crippen LogP contribution is 2.67. The van der Waals surface area contributed by atoms with Crippen LogP contribution in [0.5, 0.6) is 0 Å². The van der Waals surface area contributed by atoms with Gasteiger partial charge < -0.3 is 4.90 Å². The monoisotopic (exact) mass is 498 g/mol. The number of piperidine rings is 1. The molecule has 0 amide bonds. The molecule has 3 unspecified atom stereocenters. The zero-order valence-corrected chi connectivity index (χ0v) is 22.2. The number of allylic oxidation sites excluding steroid dienone is 4. The van der Waals surface area contributed by atoms with Gasteiger partial charge in [0.05, 0.1) is 5.41 Å². The van der Waals surface area contributed by atoms with Crippen molar-refractivity contribution in [3.8, 4) is 11.8 Å². The van der Waals surface area contributed by atoms with Gasteiger partial charge in [0.2, 0.25) is 0 Å². The second-order valence-corrected chi connectivity index (χ2v) is 12.2. The first kappa shape index (κ1) is 24.5. The van der Waals surface area contributed by atoms with Gasteiger partial charge in [0, 0.05) is 42.5 Å². The fourth-order valence-electron chi connectivity index (χ4n) is 8.79. The summed E-state index contributed by atoms with van der Waals surface area (Å²) in [7, 11) is 0. The molecule has 0 radical (unpaired) electrons. The van der Waals surface area contributed by atoms with Crippen molar-refractivity contribution in [3.63, 3.8) is 0 Å². The number of hydrogen-bond donors (Lipinski definition) is 0. The first-order valence-corrected chi connectivity index (χ1v) is 14.3. The van der Waals surface area contributed by atoms with E-state index in [1.54, 1.807) is 6.92 Å². The minimum Gasteiger partial charge on any atom is -0.372 e. The van der Waals surface area contributed by atoms with Crippen LogP contribution in [0.2, 0.25) is 0 Å². The van der Waals surface area contributed by atoms with Gasteiger partial charge in [0.15, 0.2) is 5.78 Å². The molecule has 1 heterocycles. The molecular formula is C32H38N2O3. The molecule has 1 aliphatic heterocycles. The average molecular weight is 499 g/mol. The highest BCUT2D eigenvalue weighted by atomic mass is 16.6. The lowest BCUT2D eigenvalue weighted by Crippen LogP contribution is -2.54. The Hall–Kier alpha value is -2.87. The highest BCUT2D eigenvalue weighted by Gasteiger charge is 2.69. The van der Waals surface area contributed by atoms with E-state index < -0.39 is 11.0 Å². The molecule has 0 N–H and O–H groups in total. The molecule has 37 heavy (non-hydrogen) atoms. The van der Waals surface area contributed by atoms with E-state index >= 15 is 0 Å². The van der Waals surface area contributed by atoms with E-state index in [1.165, 1.54) is 47.2 Å². The maximum Gasteiger partial charge on any atom is 0.286 e. The summed E-state index contributed by atoms with van der Waals surface area (Å²) in [5.41, 5.74) is 4.98. The largest absolute Gasteiger partial charge is 0.372 e. The lowest BCUT2D eigenvalue weighted by atomic mass is 9.50. The summed E-state index contributed by atoms with van der Waals surface area (Å²) in [4.78, 5) is 27.4. The maximum atomic E-state index is 12.7. The van der Waals surface area contributed by atoms with E-state index in [0.29, 0.717) is 18.8 Å². The number of carbonyl (C=O) groups excluding carboxylic acids is 1. The van der Waals surface area contributed by atoms with Gasteiger partial charge in [-0.05, 0) is 111 Å². The van der Waals surface area contributed by atoms with Crippen molar-refractivity contribution in [2.45, 2.75) is 89.5 Å². The predicted octanol–water partition coefficient (Wildman–Crippen LogP) is 6.62. The SMILES string of the molecule is CC#C[C@]1([N+](=O)[O-])CCC2C3CCC4=CC(=O)CCC4=C3[C@@H](c3ccc(N4CCCCC4)cc3)CC21C. The Labute approximate surface area is 220 Å². The molecule has 5 nitrogen and oxygen atoms in total. The molecule has 3 fully saturated rings. The Balaban J connectivity index is 1.47. The van der Waals surface area contributed by atoms with E-state index in [1.807, 2.05) is 6.08 Å². The van der Waals surface area contributed by atoms with Crippen LogP contribution in [-0.2, 0) is 4.79 Å². The third kappa shape index (κ3) is 3.70. The first-order chi connectivity index (χ1) is 17.9. The molecule has 1 aromatic carbocycles. The maximum absolute atomic E-state index is 12.7. The van der Waals surface area contributed by atoms with Gasteiger partial charge in [-0.1, -0.05) is 30.6 Å². The smallest absolute Gasteiger partial charge is 0.286 e. The molecule has 0 aromatic heterocycles. The van der Waals surface area contributed by atoms with Crippen molar-refractivity contribution in [1.29, 1.82) is 0 Å². The Morgan fingerprint density at radius 1 is 1.05 bits per heavy atom. The van der Waals surface area contributed by atoms with Crippen LogP contribution in [0.1, 0.15) is 89.5 Å². The molecule has 194 valence electrons. The van der Waals surface area contributed by atoms with Crippen molar-refractivity contribution in [3.05, 3.63) is 62.7 Å². The molecule has 1 aromatic rings.